The van der Waals surface area contributed by atoms with Gasteiger partial charge in [-0.15, -0.1) is 0 Å². The minimum Gasteiger partial charge on any atom is -0.454 e. The first-order chi connectivity index (χ1) is 14.9. The van der Waals surface area contributed by atoms with E-state index < -0.39 is 12.6 Å². The van der Waals surface area contributed by atoms with Crippen molar-refractivity contribution >= 4 is 40.9 Å². The van der Waals surface area contributed by atoms with Crippen LogP contribution in [0.15, 0.2) is 60.7 Å². The topological polar surface area (TPSA) is 80.8 Å². The Balaban J connectivity index is 1.47. The first kappa shape index (κ1) is 21.0. The molecule has 0 spiro atoms. The number of allylic oxidation sites excluding steroid dienone is 2. The van der Waals surface area contributed by atoms with Gasteiger partial charge in [-0.3, -0.25) is 19.3 Å². The van der Waals surface area contributed by atoms with Gasteiger partial charge < -0.3 is 4.74 Å². The number of ketones is 1. The number of esters is 1. The van der Waals surface area contributed by atoms with E-state index in [-0.39, 0.29) is 40.9 Å². The van der Waals surface area contributed by atoms with E-state index in [2.05, 4.69) is 0 Å². The number of hydrogen-bond donors (Lipinski definition) is 0. The molecule has 1 heterocycles. The molecule has 31 heavy (non-hydrogen) atoms. The highest BCUT2D eigenvalue weighted by Crippen LogP contribution is 2.40. The smallest absolute Gasteiger partial charge is 0.338 e. The van der Waals surface area contributed by atoms with Crippen LogP contribution < -0.4 is 4.90 Å². The molecule has 2 aliphatic rings. The fraction of sp³-hybridized carbons (Fsp3) is 0.250. The lowest BCUT2D eigenvalue weighted by Crippen LogP contribution is -2.31. The van der Waals surface area contributed by atoms with Crippen molar-refractivity contribution in [1.82, 2.24) is 0 Å². The molecule has 2 aromatic carbocycles. The summed E-state index contributed by atoms with van der Waals surface area (Å²) in [7, 11) is 0. The van der Waals surface area contributed by atoms with Crippen LogP contribution in [0.4, 0.5) is 5.69 Å². The zero-order valence-corrected chi connectivity index (χ0v) is 17.5. The molecule has 1 aliphatic carbocycles. The molecule has 158 valence electrons. The molecule has 1 saturated heterocycles. The molecule has 1 aliphatic heterocycles. The van der Waals surface area contributed by atoms with Gasteiger partial charge in [-0.2, -0.15) is 0 Å². The summed E-state index contributed by atoms with van der Waals surface area (Å²) in [5, 5.41) is 0.501. The third kappa shape index (κ3) is 4.03. The fourth-order valence-electron chi connectivity index (χ4n) is 4.11. The van der Waals surface area contributed by atoms with Crippen molar-refractivity contribution in [3.63, 3.8) is 0 Å². The normalized spacial score (nSPS) is 22.4. The lowest BCUT2D eigenvalue weighted by Gasteiger charge is -2.22. The Labute approximate surface area is 184 Å². The number of imide groups is 1. The Morgan fingerprint density at radius 2 is 1.81 bits per heavy atom. The van der Waals surface area contributed by atoms with Gasteiger partial charge >= 0.3 is 5.97 Å². The van der Waals surface area contributed by atoms with E-state index in [1.54, 1.807) is 36.4 Å². The number of halogens is 1. The first-order valence-corrected chi connectivity index (χ1v) is 10.3. The van der Waals surface area contributed by atoms with E-state index >= 15 is 0 Å². The predicted molar refractivity (Wildman–Crippen MR) is 115 cm³/mol. The number of carbonyl (C=O) groups is 4. The van der Waals surface area contributed by atoms with E-state index in [4.69, 9.17) is 16.3 Å². The highest BCUT2D eigenvalue weighted by molar-refractivity contribution is 6.30. The Morgan fingerprint density at radius 3 is 2.52 bits per heavy atom. The second-order valence-corrected chi connectivity index (χ2v) is 8.16. The van der Waals surface area contributed by atoms with Crippen LogP contribution in [0, 0.1) is 17.8 Å². The Bertz CT molecular complexity index is 1090. The molecular weight excluding hydrogens is 418 g/mol. The van der Waals surface area contributed by atoms with Gasteiger partial charge in [0.25, 0.3) is 0 Å². The van der Waals surface area contributed by atoms with E-state index in [1.165, 1.54) is 12.1 Å². The van der Waals surface area contributed by atoms with Crippen LogP contribution in [0.1, 0.15) is 34.1 Å². The standard InChI is InChI=1S/C24H20ClNO5/c1-14-4-2-7-19-21(14)23(29)26(22(19)28)18-6-3-5-16(12-18)24(30)31-13-20(27)15-8-10-17(25)11-9-15/h2-6,8-12,14,19,21H,7,13H2,1H3/t14-,19-,21+/m1/s1. The Morgan fingerprint density at radius 1 is 1.06 bits per heavy atom. The van der Waals surface area contributed by atoms with E-state index in [1.807, 2.05) is 19.1 Å². The van der Waals surface area contributed by atoms with Gasteiger partial charge in [-0.1, -0.05) is 36.7 Å². The maximum absolute atomic E-state index is 12.9. The van der Waals surface area contributed by atoms with Crippen molar-refractivity contribution in [1.29, 1.82) is 0 Å². The van der Waals surface area contributed by atoms with Crippen molar-refractivity contribution in [2.45, 2.75) is 13.3 Å². The third-order valence-electron chi connectivity index (χ3n) is 5.71. The number of rotatable bonds is 5. The van der Waals surface area contributed by atoms with Crippen LogP contribution in [0.3, 0.4) is 0 Å². The number of anilines is 1. The number of benzene rings is 2. The molecule has 4 rings (SSSR count). The summed E-state index contributed by atoms with van der Waals surface area (Å²) < 4.78 is 5.14. The number of fused-ring (bicyclic) bond motifs is 1. The number of carbonyl (C=O) groups excluding carboxylic acids is 4. The molecule has 0 saturated carbocycles. The molecule has 0 radical (unpaired) electrons. The summed E-state index contributed by atoms with van der Waals surface area (Å²) in [6.07, 6.45) is 4.43. The number of hydrogen-bond acceptors (Lipinski definition) is 5. The molecular formula is C24H20ClNO5. The molecule has 3 atom stereocenters. The van der Waals surface area contributed by atoms with Crippen LogP contribution in [0.5, 0.6) is 0 Å². The summed E-state index contributed by atoms with van der Waals surface area (Å²) in [4.78, 5) is 51.7. The van der Waals surface area contributed by atoms with Gasteiger partial charge in [0.1, 0.15) is 0 Å². The van der Waals surface area contributed by atoms with E-state index in [0.29, 0.717) is 22.7 Å². The average Bonchev–Trinajstić information content (AvgIpc) is 3.03. The molecule has 1 fully saturated rings. The summed E-state index contributed by atoms with van der Waals surface area (Å²) in [6.45, 7) is 1.49. The van der Waals surface area contributed by atoms with Crippen LogP contribution in [-0.2, 0) is 14.3 Å². The van der Waals surface area contributed by atoms with Crippen LogP contribution in [0.25, 0.3) is 0 Å². The fourth-order valence-corrected chi connectivity index (χ4v) is 4.23. The zero-order chi connectivity index (χ0) is 22.1. The highest BCUT2D eigenvalue weighted by atomic mass is 35.5. The minimum absolute atomic E-state index is 0.0211. The SMILES string of the molecule is C[C@@H]1C=CC[C@H]2C(=O)N(c3cccc(C(=O)OCC(=O)c4ccc(Cl)cc4)c3)C(=O)[C@@H]12. The minimum atomic E-state index is -0.712. The molecule has 2 aromatic rings. The van der Waals surface area contributed by atoms with Crippen molar-refractivity contribution in [3.05, 3.63) is 76.8 Å². The van der Waals surface area contributed by atoms with E-state index in [9.17, 15) is 19.2 Å². The maximum atomic E-state index is 12.9. The Hall–Kier alpha value is -3.25. The second-order valence-electron chi connectivity index (χ2n) is 7.72. The molecule has 7 heteroatoms. The highest BCUT2D eigenvalue weighted by Gasteiger charge is 2.50. The average molecular weight is 438 g/mol. The van der Waals surface area contributed by atoms with Gasteiger partial charge in [0.05, 0.1) is 23.1 Å². The van der Waals surface area contributed by atoms with Crippen molar-refractivity contribution < 1.29 is 23.9 Å². The third-order valence-corrected chi connectivity index (χ3v) is 5.97. The van der Waals surface area contributed by atoms with Crippen LogP contribution in [0.2, 0.25) is 5.02 Å². The molecule has 0 aromatic heterocycles. The van der Waals surface area contributed by atoms with Gasteiger partial charge in [0, 0.05) is 10.6 Å². The summed E-state index contributed by atoms with van der Waals surface area (Å²) in [6, 6.07) is 12.4. The quantitative estimate of drug-likeness (QED) is 0.305. The van der Waals surface area contributed by atoms with Crippen molar-refractivity contribution in [2.75, 3.05) is 11.5 Å². The second kappa shape index (κ2) is 8.47. The van der Waals surface area contributed by atoms with Gasteiger partial charge in [-0.25, -0.2) is 4.79 Å². The largest absolute Gasteiger partial charge is 0.454 e. The van der Waals surface area contributed by atoms with Gasteiger partial charge in [0.2, 0.25) is 11.8 Å². The van der Waals surface area contributed by atoms with E-state index in [0.717, 1.165) is 4.90 Å². The lowest BCUT2D eigenvalue weighted by molar-refractivity contribution is -0.122. The monoisotopic (exact) mass is 437 g/mol. The van der Waals surface area contributed by atoms with Crippen molar-refractivity contribution in [2.24, 2.45) is 17.8 Å². The number of ether oxygens (including phenoxy) is 1. The predicted octanol–water partition coefficient (Wildman–Crippen LogP) is 4.08. The van der Waals surface area contributed by atoms with Crippen molar-refractivity contribution in [3.8, 4) is 0 Å². The molecule has 0 unspecified atom stereocenters. The summed E-state index contributed by atoms with van der Waals surface area (Å²) in [5.41, 5.74) is 0.864. The first-order valence-electron chi connectivity index (χ1n) is 9.97. The molecule has 0 bridgehead atoms. The van der Waals surface area contributed by atoms with Gasteiger partial charge in [0.15, 0.2) is 12.4 Å². The zero-order valence-electron chi connectivity index (χ0n) is 16.8. The lowest BCUT2D eigenvalue weighted by atomic mass is 9.78. The van der Waals surface area contributed by atoms with Crippen LogP contribution in [-0.4, -0.2) is 30.2 Å². The molecule has 0 N–H and O–H groups in total. The number of nitrogens with zero attached hydrogens (tertiary/aromatic N) is 1. The summed E-state index contributed by atoms with van der Waals surface area (Å²) in [5.74, 6) is -2.37. The molecule has 6 nitrogen and oxygen atoms in total. The number of Topliss-reactive ketones (excluding diaryl/α,β-unsaturated/α-hetero) is 1. The maximum Gasteiger partial charge on any atom is 0.338 e. The van der Waals surface area contributed by atoms with Gasteiger partial charge in [-0.05, 0) is 54.8 Å². The number of amides is 2. The summed E-state index contributed by atoms with van der Waals surface area (Å²) >= 11 is 5.81. The Kier molecular flexibility index (Phi) is 5.74. The van der Waals surface area contributed by atoms with Crippen LogP contribution >= 0.6 is 11.6 Å². The molecule has 2 amide bonds.